The molecule has 22 heavy (non-hydrogen) atoms. The number of aromatic hydroxyl groups is 1. The Balaban J connectivity index is 2.25. The number of rotatable bonds is 3. The van der Waals surface area contributed by atoms with E-state index < -0.39 is 17.7 Å². The van der Waals surface area contributed by atoms with Gasteiger partial charge in [0.05, 0.1) is 28.9 Å². The molecule has 2 aromatic rings. The van der Waals surface area contributed by atoms with E-state index in [-0.39, 0.29) is 27.6 Å². The largest absolute Gasteiger partial charge is 0.507 e. The van der Waals surface area contributed by atoms with E-state index in [9.17, 15) is 19.1 Å². The average Bonchev–Trinajstić information content (AvgIpc) is 2.50. The van der Waals surface area contributed by atoms with Crippen molar-refractivity contribution < 1.29 is 23.8 Å². The zero-order chi connectivity index (χ0) is 16.3. The Morgan fingerprint density at radius 1 is 1.23 bits per heavy atom. The average molecular weight is 324 g/mol. The number of carbonyl (C=O) groups is 2. The number of hydrogen-bond donors (Lipinski definition) is 2. The van der Waals surface area contributed by atoms with Crippen LogP contribution in [0.1, 0.15) is 20.7 Å². The van der Waals surface area contributed by atoms with Crippen LogP contribution in [0.25, 0.3) is 0 Å². The highest BCUT2D eigenvalue weighted by Crippen LogP contribution is 2.25. The Kier molecular flexibility index (Phi) is 4.62. The molecule has 7 heteroatoms. The normalized spacial score (nSPS) is 10.1. The summed E-state index contributed by atoms with van der Waals surface area (Å²) in [5.41, 5.74) is 0.204. The summed E-state index contributed by atoms with van der Waals surface area (Å²) >= 11 is 5.97. The van der Waals surface area contributed by atoms with Gasteiger partial charge in [0.15, 0.2) is 0 Å². The van der Waals surface area contributed by atoms with Crippen LogP contribution < -0.4 is 5.32 Å². The number of esters is 1. The molecule has 2 rings (SSSR count). The molecule has 0 aliphatic carbocycles. The molecule has 0 heterocycles. The van der Waals surface area contributed by atoms with Gasteiger partial charge in [-0.25, -0.2) is 9.18 Å². The van der Waals surface area contributed by atoms with Crippen molar-refractivity contribution in [2.45, 2.75) is 0 Å². The van der Waals surface area contributed by atoms with E-state index in [1.54, 1.807) is 0 Å². The fourth-order valence-electron chi connectivity index (χ4n) is 1.74. The van der Waals surface area contributed by atoms with Gasteiger partial charge in [-0.3, -0.25) is 4.79 Å². The Hall–Kier alpha value is -2.60. The zero-order valence-corrected chi connectivity index (χ0v) is 12.1. The minimum atomic E-state index is -0.732. The van der Waals surface area contributed by atoms with Crippen LogP contribution in [0.3, 0.4) is 0 Å². The van der Waals surface area contributed by atoms with Crippen LogP contribution in [0.4, 0.5) is 10.1 Å². The van der Waals surface area contributed by atoms with E-state index >= 15 is 0 Å². The highest BCUT2D eigenvalue weighted by Gasteiger charge is 2.15. The molecule has 2 aromatic carbocycles. The molecule has 0 aliphatic rings. The molecule has 0 aromatic heterocycles. The third-order valence-electron chi connectivity index (χ3n) is 2.84. The summed E-state index contributed by atoms with van der Waals surface area (Å²) < 4.78 is 17.7. The molecular formula is C15H11ClFNO4. The minimum absolute atomic E-state index is 0.104. The maximum atomic E-state index is 13.1. The molecule has 0 radical (unpaired) electrons. The molecule has 0 unspecified atom stereocenters. The number of methoxy groups -OCH3 is 1. The van der Waals surface area contributed by atoms with Gasteiger partial charge in [-0.1, -0.05) is 11.6 Å². The predicted molar refractivity (Wildman–Crippen MR) is 78.8 cm³/mol. The number of nitrogens with one attached hydrogen (secondary N) is 1. The van der Waals surface area contributed by atoms with Crippen LogP contribution in [0, 0.1) is 5.82 Å². The van der Waals surface area contributed by atoms with Crippen molar-refractivity contribution in [1.82, 2.24) is 0 Å². The first-order chi connectivity index (χ1) is 10.4. The number of carbonyl (C=O) groups excluding carboxylic acids is 2. The molecule has 0 bridgehead atoms. The second-order valence-corrected chi connectivity index (χ2v) is 4.71. The lowest BCUT2D eigenvalue weighted by atomic mass is 10.1. The van der Waals surface area contributed by atoms with Crippen molar-refractivity contribution in [2.75, 3.05) is 12.4 Å². The first kappa shape index (κ1) is 15.8. The third-order valence-corrected chi connectivity index (χ3v) is 3.15. The van der Waals surface area contributed by atoms with E-state index in [1.807, 2.05) is 0 Å². The van der Waals surface area contributed by atoms with Crippen molar-refractivity contribution in [1.29, 1.82) is 0 Å². The van der Waals surface area contributed by atoms with E-state index in [0.29, 0.717) is 0 Å². The molecule has 2 N–H and O–H groups in total. The van der Waals surface area contributed by atoms with Gasteiger partial charge in [0.25, 0.3) is 5.91 Å². The summed E-state index contributed by atoms with van der Waals surface area (Å²) in [5, 5.41) is 12.1. The predicted octanol–water partition coefficient (Wildman–Crippen LogP) is 3.22. The quantitative estimate of drug-likeness (QED) is 0.850. The number of phenolic OH excluding ortho intramolecular Hbond substituents is 1. The van der Waals surface area contributed by atoms with E-state index in [1.165, 1.54) is 25.3 Å². The second kappa shape index (κ2) is 6.44. The second-order valence-electron chi connectivity index (χ2n) is 4.30. The fraction of sp³-hybridized carbons (Fsp3) is 0.0667. The summed E-state index contributed by atoms with van der Waals surface area (Å²) in [6.07, 6.45) is 0. The Bertz CT molecular complexity index is 748. The molecule has 5 nitrogen and oxygen atoms in total. The van der Waals surface area contributed by atoms with Crippen LogP contribution in [0.2, 0.25) is 5.02 Å². The minimum Gasteiger partial charge on any atom is -0.507 e. The van der Waals surface area contributed by atoms with Gasteiger partial charge in [0, 0.05) is 0 Å². The topological polar surface area (TPSA) is 75.6 Å². The molecule has 0 aliphatic heterocycles. The van der Waals surface area contributed by atoms with Crippen molar-refractivity contribution >= 4 is 29.2 Å². The molecule has 114 valence electrons. The highest BCUT2D eigenvalue weighted by atomic mass is 35.5. The number of halogens is 2. The van der Waals surface area contributed by atoms with Crippen molar-refractivity contribution in [3.05, 3.63) is 58.4 Å². The SMILES string of the molecule is COC(=O)c1ccc(NC(=O)c2cc(F)ccc2O)c(Cl)c1. The Labute approximate surface area is 130 Å². The van der Waals surface area contributed by atoms with Gasteiger partial charge in [0.1, 0.15) is 11.6 Å². The number of hydrogen-bond acceptors (Lipinski definition) is 4. The first-order valence-electron chi connectivity index (χ1n) is 6.10. The summed E-state index contributed by atoms with van der Waals surface area (Å²) in [6, 6.07) is 7.16. The highest BCUT2D eigenvalue weighted by molar-refractivity contribution is 6.34. The maximum Gasteiger partial charge on any atom is 0.337 e. The van der Waals surface area contributed by atoms with Crippen molar-refractivity contribution in [3.8, 4) is 5.75 Å². The summed E-state index contributed by atoms with van der Waals surface area (Å²) in [6.45, 7) is 0. The number of benzene rings is 2. The number of ether oxygens (including phenoxy) is 1. The van der Waals surface area contributed by atoms with Crippen molar-refractivity contribution in [3.63, 3.8) is 0 Å². The van der Waals surface area contributed by atoms with Crippen LogP contribution in [0.15, 0.2) is 36.4 Å². The summed E-state index contributed by atoms with van der Waals surface area (Å²) in [4.78, 5) is 23.4. The first-order valence-corrected chi connectivity index (χ1v) is 6.48. The Morgan fingerprint density at radius 3 is 2.59 bits per heavy atom. The molecule has 1 amide bonds. The number of amides is 1. The smallest absolute Gasteiger partial charge is 0.337 e. The molecule has 0 fully saturated rings. The number of phenols is 1. The van der Waals surface area contributed by atoms with Crippen molar-refractivity contribution in [2.24, 2.45) is 0 Å². The van der Waals surface area contributed by atoms with Gasteiger partial charge < -0.3 is 15.2 Å². The molecule has 0 spiro atoms. The van der Waals surface area contributed by atoms with Gasteiger partial charge in [0.2, 0.25) is 0 Å². The lowest BCUT2D eigenvalue weighted by Gasteiger charge is -2.09. The zero-order valence-electron chi connectivity index (χ0n) is 11.4. The van der Waals surface area contributed by atoms with Crippen LogP contribution in [0.5, 0.6) is 5.75 Å². The van der Waals surface area contributed by atoms with Gasteiger partial charge in [-0.2, -0.15) is 0 Å². The lowest BCUT2D eigenvalue weighted by Crippen LogP contribution is -2.13. The van der Waals surface area contributed by atoms with Crippen LogP contribution in [-0.4, -0.2) is 24.1 Å². The molecular weight excluding hydrogens is 313 g/mol. The van der Waals surface area contributed by atoms with Gasteiger partial charge in [-0.15, -0.1) is 0 Å². The summed E-state index contributed by atoms with van der Waals surface area (Å²) in [5.74, 6) is -2.32. The van der Waals surface area contributed by atoms with E-state index in [4.69, 9.17) is 11.6 Å². The molecule has 0 saturated carbocycles. The fourth-order valence-corrected chi connectivity index (χ4v) is 1.97. The third kappa shape index (κ3) is 3.35. The monoisotopic (exact) mass is 323 g/mol. The summed E-state index contributed by atoms with van der Waals surface area (Å²) in [7, 11) is 1.23. The number of anilines is 1. The molecule has 0 atom stereocenters. The van der Waals surface area contributed by atoms with E-state index in [0.717, 1.165) is 18.2 Å². The van der Waals surface area contributed by atoms with Crippen LogP contribution in [-0.2, 0) is 4.74 Å². The lowest BCUT2D eigenvalue weighted by molar-refractivity contribution is 0.0600. The van der Waals surface area contributed by atoms with E-state index in [2.05, 4.69) is 10.1 Å². The van der Waals surface area contributed by atoms with Gasteiger partial charge in [-0.05, 0) is 36.4 Å². The van der Waals surface area contributed by atoms with Gasteiger partial charge >= 0.3 is 5.97 Å². The Morgan fingerprint density at radius 2 is 1.95 bits per heavy atom. The molecule has 0 saturated heterocycles. The van der Waals surface area contributed by atoms with Crippen LogP contribution >= 0.6 is 11.6 Å². The standard InChI is InChI=1S/C15H11ClFNO4/c1-22-15(21)8-2-4-12(11(16)6-8)18-14(20)10-7-9(17)3-5-13(10)19/h2-7,19H,1H3,(H,18,20). The maximum absolute atomic E-state index is 13.1.